The topological polar surface area (TPSA) is 98.0 Å². The molecule has 4 atom stereocenters. The first-order valence-corrected chi connectivity index (χ1v) is 7.79. The zero-order chi connectivity index (χ0) is 16.2. The van der Waals surface area contributed by atoms with Gasteiger partial charge in [-0.05, 0) is 24.3 Å². The van der Waals surface area contributed by atoms with Crippen molar-refractivity contribution in [1.29, 1.82) is 0 Å². The van der Waals surface area contributed by atoms with Crippen molar-refractivity contribution in [2.45, 2.75) is 56.0 Å². The molecular formula is C17H24O5. The number of carbonyl (C=O) groups is 1. The van der Waals surface area contributed by atoms with E-state index in [9.17, 15) is 25.2 Å². The Morgan fingerprint density at radius 2 is 1.64 bits per heavy atom. The maximum Gasteiger partial charge on any atom is 0.151 e. The minimum atomic E-state index is -1.73. The molecule has 1 fully saturated rings. The van der Waals surface area contributed by atoms with Gasteiger partial charge in [-0.3, -0.25) is 0 Å². The third-order valence-electron chi connectivity index (χ3n) is 4.73. The van der Waals surface area contributed by atoms with Gasteiger partial charge in [0.25, 0.3) is 0 Å². The first-order valence-electron chi connectivity index (χ1n) is 7.79. The fraction of sp³-hybridized carbons (Fsp3) is 0.588. The number of rotatable bonds is 6. The molecule has 1 aliphatic carbocycles. The Labute approximate surface area is 130 Å². The Morgan fingerprint density at radius 1 is 1.05 bits per heavy atom. The average Bonchev–Trinajstić information content (AvgIpc) is 2.60. The van der Waals surface area contributed by atoms with Crippen molar-refractivity contribution in [3.05, 3.63) is 35.9 Å². The van der Waals surface area contributed by atoms with Crippen LogP contribution < -0.4 is 0 Å². The molecule has 0 amide bonds. The number of aliphatic hydroxyl groups excluding tert-OH is 3. The SMILES string of the molecule is O=C[C@H](O)[C@@H](O)[C@H](O)[C@](O)(c1ccccc1)C1CCCCC1. The van der Waals surface area contributed by atoms with E-state index in [0.717, 1.165) is 32.1 Å². The molecule has 0 unspecified atom stereocenters. The quantitative estimate of drug-likeness (QED) is 0.581. The predicted octanol–water partition coefficient (Wildman–Crippen LogP) is 0.736. The molecule has 1 aliphatic rings. The summed E-state index contributed by atoms with van der Waals surface area (Å²) in [6, 6.07) is 8.68. The second kappa shape index (κ2) is 7.33. The average molecular weight is 308 g/mol. The van der Waals surface area contributed by atoms with Gasteiger partial charge in [-0.25, -0.2) is 0 Å². The Hall–Kier alpha value is -1.27. The van der Waals surface area contributed by atoms with Crippen molar-refractivity contribution in [3.63, 3.8) is 0 Å². The standard InChI is InChI=1S/C17H24O5/c18-11-14(19)15(20)16(21)17(22,12-7-3-1-4-8-12)13-9-5-2-6-10-13/h1,3-4,7-8,11,13-16,19-22H,2,5-6,9-10H2/t14-,15+,16-,17-/m0/s1. The zero-order valence-electron chi connectivity index (χ0n) is 12.5. The fourth-order valence-corrected chi connectivity index (χ4v) is 3.42. The number of aldehydes is 1. The van der Waals surface area contributed by atoms with Crippen LogP contribution in [0.1, 0.15) is 37.7 Å². The van der Waals surface area contributed by atoms with Crippen LogP contribution in [0.2, 0.25) is 0 Å². The largest absolute Gasteiger partial charge is 0.387 e. The molecule has 0 spiro atoms. The number of carbonyl (C=O) groups excluding carboxylic acids is 1. The molecule has 5 nitrogen and oxygen atoms in total. The first-order chi connectivity index (χ1) is 10.5. The van der Waals surface area contributed by atoms with Crippen molar-refractivity contribution < 1.29 is 25.2 Å². The Morgan fingerprint density at radius 3 is 2.18 bits per heavy atom. The summed E-state index contributed by atoms with van der Waals surface area (Å²) in [5, 5.41) is 41.3. The van der Waals surface area contributed by atoms with E-state index < -0.39 is 23.9 Å². The number of benzene rings is 1. The van der Waals surface area contributed by atoms with Crippen molar-refractivity contribution in [1.82, 2.24) is 0 Å². The van der Waals surface area contributed by atoms with E-state index in [2.05, 4.69) is 0 Å². The van der Waals surface area contributed by atoms with Crippen LogP contribution in [0.3, 0.4) is 0 Å². The van der Waals surface area contributed by atoms with Crippen molar-refractivity contribution >= 4 is 6.29 Å². The maximum absolute atomic E-state index is 11.3. The summed E-state index contributed by atoms with van der Waals surface area (Å²) in [4.78, 5) is 10.7. The molecule has 0 saturated heterocycles. The summed E-state index contributed by atoms with van der Waals surface area (Å²) in [5.41, 5.74) is -1.20. The molecule has 122 valence electrons. The fourth-order valence-electron chi connectivity index (χ4n) is 3.42. The van der Waals surface area contributed by atoms with E-state index in [1.165, 1.54) is 0 Å². The van der Waals surface area contributed by atoms with E-state index in [1.54, 1.807) is 30.3 Å². The van der Waals surface area contributed by atoms with Crippen molar-refractivity contribution in [3.8, 4) is 0 Å². The molecule has 0 heterocycles. The summed E-state index contributed by atoms with van der Waals surface area (Å²) in [6.07, 6.45) is -0.509. The van der Waals surface area contributed by atoms with Crippen LogP contribution in [0.25, 0.3) is 0 Å². The Bertz CT molecular complexity index is 471. The van der Waals surface area contributed by atoms with Gasteiger partial charge in [-0.2, -0.15) is 0 Å². The van der Waals surface area contributed by atoms with Gasteiger partial charge in [-0.1, -0.05) is 49.6 Å². The van der Waals surface area contributed by atoms with Crippen LogP contribution >= 0.6 is 0 Å². The van der Waals surface area contributed by atoms with Gasteiger partial charge in [-0.15, -0.1) is 0 Å². The second-order valence-corrected chi connectivity index (χ2v) is 6.09. The predicted molar refractivity (Wildman–Crippen MR) is 81.0 cm³/mol. The monoisotopic (exact) mass is 308 g/mol. The van der Waals surface area contributed by atoms with Crippen molar-refractivity contribution in [2.75, 3.05) is 0 Å². The van der Waals surface area contributed by atoms with E-state index in [0.29, 0.717) is 5.56 Å². The lowest BCUT2D eigenvalue weighted by Crippen LogP contribution is -2.55. The third-order valence-corrected chi connectivity index (χ3v) is 4.73. The van der Waals surface area contributed by atoms with Crippen LogP contribution in [0, 0.1) is 5.92 Å². The zero-order valence-corrected chi connectivity index (χ0v) is 12.5. The van der Waals surface area contributed by atoms with Crippen molar-refractivity contribution in [2.24, 2.45) is 5.92 Å². The highest BCUT2D eigenvalue weighted by Gasteiger charge is 2.49. The summed E-state index contributed by atoms with van der Waals surface area (Å²) in [5.74, 6) is -0.229. The summed E-state index contributed by atoms with van der Waals surface area (Å²) in [7, 11) is 0. The number of hydrogen-bond donors (Lipinski definition) is 4. The highest BCUT2D eigenvalue weighted by atomic mass is 16.4. The molecule has 5 heteroatoms. The number of hydrogen-bond acceptors (Lipinski definition) is 5. The van der Waals surface area contributed by atoms with Crippen LogP contribution in [-0.2, 0) is 10.4 Å². The molecule has 0 aromatic heterocycles. The van der Waals surface area contributed by atoms with Crippen LogP contribution in [0.5, 0.6) is 0 Å². The van der Waals surface area contributed by atoms with Gasteiger partial charge in [0, 0.05) is 0 Å². The molecular weight excluding hydrogens is 284 g/mol. The minimum Gasteiger partial charge on any atom is -0.387 e. The maximum atomic E-state index is 11.3. The van der Waals surface area contributed by atoms with Gasteiger partial charge < -0.3 is 25.2 Å². The van der Waals surface area contributed by atoms with E-state index in [4.69, 9.17) is 0 Å². The van der Waals surface area contributed by atoms with Gasteiger partial charge in [0.1, 0.15) is 23.9 Å². The highest BCUT2D eigenvalue weighted by Crippen LogP contribution is 2.42. The highest BCUT2D eigenvalue weighted by molar-refractivity contribution is 5.56. The third kappa shape index (κ3) is 3.22. The number of aliphatic hydroxyl groups is 4. The van der Waals surface area contributed by atoms with Crippen LogP contribution in [0.15, 0.2) is 30.3 Å². The van der Waals surface area contributed by atoms with Gasteiger partial charge in [0.05, 0.1) is 0 Å². The molecule has 4 N–H and O–H groups in total. The Balaban J connectivity index is 2.38. The lowest BCUT2D eigenvalue weighted by atomic mass is 9.69. The summed E-state index contributed by atoms with van der Waals surface area (Å²) in [6.45, 7) is 0. The molecule has 2 rings (SSSR count). The lowest BCUT2D eigenvalue weighted by molar-refractivity contribution is -0.184. The summed E-state index contributed by atoms with van der Waals surface area (Å²) >= 11 is 0. The van der Waals surface area contributed by atoms with Crippen LogP contribution in [0.4, 0.5) is 0 Å². The minimum absolute atomic E-state index is 0.167. The van der Waals surface area contributed by atoms with Gasteiger partial charge in [0.2, 0.25) is 0 Å². The second-order valence-electron chi connectivity index (χ2n) is 6.09. The molecule has 1 aromatic rings. The van der Waals surface area contributed by atoms with Gasteiger partial charge >= 0.3 is 0 Å². The molecule has 1 aromatic carbocycles. The normalized spacial score (nSPS) is 23.3. The molecule has 0 radical (unpaired) electrons. The molecule has 0 bridgehead atoms. The van der Waals surface area contributed by atoms with E-state index in [1.807, 2.05) is 0 Å². The van der Waals surface area contributed by atoms with Gasteiger partial charge in [0.15, 0.2) is 6.29 Å². The smallest absolute Gasteiger partial charge is 0.151 e. The molecule has 22 heavy (non-hydrogen) atoms. The summed E-state index contributed by atoms with van der Waals surface area (Å²) < 4.78 is 0. The van der Waals surface area contributed by atoms with E-state index in [-0.39, 0.29) is 12.2 Å². The molecule has 1 saturated carbocycles. The molecule has 0 aliphatic heterocycles. The van der Waals surface area contributed by atoms with E-state index >= 15 is 0 Å². The van der Waals surface area contributed by atoms with Crippen LogP contribution in [-0.4, -0.2) is 45.0 Å². The first kappa shape index (κ1) is 17.1. The Kier molecular flexibility index (Phi) is 5.69. The lowest BCUT2D eigenvalue weighted by Gasteiger charge is -2.44.